The summed E-state index contributed by atoms with van der Waals surface area (Å²) in [5.74, 6) is 4.92. The van der Waals surface area contributed by atoms with Crippen LogP contribution in [-0.4, -0.2) is 5.75 Å². The van der Waals surface area contributed by atoms with Crippen LogP contribution in [0.4, 0.5) is 0 Å². The molecular formula is C12H14S. The lowest BCUT2D eigenvalue weighted by molar-refractivity contribution is 0.997. The van der Waals surface area contributed by atoms with E-state index >= 15 is 0 Å². The van der Waals surface area contributed by atoms with Gasteiger partial charge in [-0.1, -0.05) is 30.3 Å². The van der Waals surface area contributed by atoms with Gasteiger partial charge >= 0.3 is 0 Å². The third-order valence-corrected chi connectivity index (χ3v) is 2.84. The topological polar surface area (TPSA) is 0 Å². The fourth-order valence-electron chi connectivity index (χ4n) is 1.04. The van der Waals surface area contributed by atoms with Crippen LogP contribution in [-0.2, 0) is 5.75 Å². The van der Waals surface area contributed by atoms with Crippen molar-refractivity contribution < 1.29 is 0 Å². The third-order valence-electron chi connectivity index (χ3n) is 1.72. The first-order chi connectivity index (χ1) is 6.43. The van der Waals surface area contributed by atoms with Gasteiger partial charge in [0.05, 0.1) is 0 Å². The predicted molar refractivity (Wildman–Crippen MR) is 60.7 cm³/mol. The molecule has 68 valence electrons. The Labute approximate surface area is 84.7 Å². The lowest BCUT2D eigenvalue weighted by Gasteiger charge is -1.99. The molecule has 0 aliphatic carbocycles. The minimum absolute atomic E-state index is 0.905. The predicted octanol–water partition coefficient (Wildman–Crippen LogP) is 3.33. The first kappa shape index (κ1) is 10.2. The van der Waals surface area contributed by atoms with E-state index < -0.39 is 0 Å². The van der Waals surface area contributed by atoms with Gasteiger partial charge in [-0.2, -0.15) is 11.8 Å². The van der Waals surface area contributed by atoms with E-state index in [4.69, 9.17) is 6.42 Å². The highest BCUT2D eigenvalue weighted by atomic mass is 32.2. The average Bonchev–Trinajstić information content (AvgIpc) is 2.19. The smallest absolute Gasteiger partial charge is 0.0184 e. The summed E-state index contributed by atoms with van der Waals surface area (Å²) >= 11 is 1.95. The van der Waals surface area contributed by atoms with E-state index in [9.17, 15) is 0 Å². The molecule has 0 amide bonds. The van der Waals surface area contributed by atoms with Crippen LogP contribution in [0.15, 0.2) is 30.3 Å². The van der Waals surface area contributed by atoms with Gasteiger partial charge in [-0.3, -0.25) is 0 Å². The zero-order valence-electron chi connectivity index (χ0n) is 7.70. The van der Waals surface area contributed by atoms with Gasteiger partial charge in [0.15, 0.2) is 0 Å². The van der Waals surface area contributed by atoms with Crippen LogP contribution < -0.4 is 0 Å². The first-order valence-corrected chi connectivity index (χ1v) is 5.64. The molecule has 0 bridgehead atoms. The Kier molecular flexibility index (Phi) is 5.20. The van der Waals surface area contributed by atoms with Gasteiger partial charge in [0.1, 0.15) is 0 Å². The molecule has 0 radical (unpaired) electrons. The molecule has 0 atom stereocenters. The number of thioether (sulfide) groups is 1. The van der Waals surface area contributed by atoms with E-state index in [1.807, 2.05) is 17.8 Å². The Morgan fingerprint density at radius 1 is 1.23 bits per heavy atom. The SMILES string of the molecule is C#CCCCSCc1ccccc1. The zero-order chi connectivity index (χ0) is 9.36. The second-order valence-corrected chi connectivity index (χ2v) is 3.95. The van der Waals surface area contributed by atoms with Crippen LogP contribution in [0.5, 0.6) is 0 Å². The summed E-state index contributed by atoms with van der Waals surface area (Å²) < 4.78 is 0. The largest absolute Gasteiger partial charge is 0.157 e. The van der Waals surface area contributed by atoms with Crippen molar-refractivity contribution in [3.05, 3.63) is 35.9 Å². The average molecular weight is 190 g/mol. The summed E-state index contributed by atoms with van der Waals surface area (Å²) in [6.45, 7) is 0. The van der Waals surface area contributed by atoms with Crippen molar-refractivity contribution in [1.82, 2.24) is 0 Å². The molecule has 0 spiro atoms. The van der Waals surface area contributed by atoms with E-state index in [-0.39, 0.29) is 0 Å². The van der Waals surface area contributed by atoms with Gasteiger partial charge in [0, 0.05) is 12.2 Å². The van der Waals surface area contributed by atoms with Gasteiger partial charge in [-0.25, -0.2) is 0 Å². The number of rotatable bonds is 5. The molecule has 0 nitrogen and oxygen atoms in total. The maximum absolute atomic E-state index is 5.16. The van der Waals surface area contributed by atoms with Crippen LogP contribution in [0.2, 0.25) is 0 Å². The Morgan fingerprint density at radius 2 is 2.00 bits per heavy atom. The van der Waals surface area contributed by atoms with E-state index in [1.165, 1.54) is 11.3 Å². The van der Waals surface area contributed by atoms with Crippen LogP contribution in [0.1, 0.15) is 18.4 Å². The second-order valence-electron chi connectivity index (χ2n) is 2.85. The number of terminal acetylenes is 1. The molecule has 1 rings (SSSR count). The van der Waals surface area contributed by atoms with Gasteiger partial charge < -0.3 is 0 Å². The van der Waals surface area contributed by atoms with Crippen LogP contribution >= 0.6 is 11.8 Å². The molecule has 13 heavy (non-hydrogen) atoms. The minimum atomic E-state index is 0.905. The van der Waals surface area contributed by atoms with Crippen molar-refractivity contribution in [3.8, 4) is 12.3 Å². The fourth-order valence-corrected chi connectivity index (χ4v) is 1.96. The van der Waals surface area contributed by atoms with Crippen molar-refractivity contribution in [3.63, 3.8) is 0 Å². The lowest BCUT2D eigenvalue weighted by atomic mass is 10.2. The summed E-state index contributed by atoms with van der Waals surface area (Å²) in [5, 5.41) is 0. The van der Waals surface area contributed by atoms with E-state index in [0.29, 0.717) is 0 Å². The summed E-state index contributed by atoms with van der Waals surface area (Å²) in [7, 11) is 0. The fraction of sp³-hybridized carbons (Fsp3) is 0.333. The van der Waals surface area contributed by atoms with Crippen molar-refractivity contribution in [2.24, 2.45) is 0 Å². The molecule has 1 aromatic carbocycles. The molecule has 0 aliphatic heterocycles. The second kappa shape index (κ2) is 6.62. The van der Waals surface area contributed by atoms with E-state index in [0.717, 1.165) is 18.6 Å². The normalized spacial score (nSPS) is 9.46. The zero-order valence-corrected chi connectivity index (χ0v) is 8.52. The first-order valence-electron chi connectivity index (χ1n) is 4.48. The Balaban J connectivity index is 2.11. The molecule has 0 saturated carbocycles. The van der Waals surface area contributed by atoms with Crippen molar-refractivity contribution in [2.75, 3.05) is 5.75 Å². The molecule has 0 fully saturated rings. The van der Waals surface area contributed by atoms with E-state index in [1.54, 1.807) is 0 Å². The Hall–Kier alpha value is -0.870. The van der Waals surface area contributed by atoms with Crippen LogP contribution in [0.3, 0.4) is 0 Å². The van der Waals surface area contributed by atoms with Crippen LogP contribution in [0.25, 0.3) is 0 Å². The molecule has 0 N–H and O–H groups in total. The summed E-state index contributed by atoms with van der Waals surface area (Å²) in [5.41, 5.74) is 1.40. The molecule has 0 aromatic heterocycles. The van der Waals surface area contributed by atoms with Gasteiger partial charge in [0.2, 0.25) is 0 Å². The quantitative estimate of drug-likeness (QED) is 0.507. The molecule has 0 unspecified atom stereocenters. The molecule has 1 heteroatoms. The number of benzene rings is 1. The molecule has 0 saturated heterocycles. The monoisotopic (exact) mass is 190 g/mol. The highest BCUT2D eigenvalue weighted by molar-refractivity contribution is 7.98. The standard InChI is InChI=1S/C12H14S/c1-2-3-7-10-13-11-12-8-5-4-6-9-12/h1,4-6,8-9H,3,7,10-11H2. The Bertz CT molecular complexity index is 258. The maximum Gasteiger partial charge on any atom is 0.0184 e. The number of hydrogen-bond donors (Lipinski definition) is 0. The van der Waals surface area contributed by atoms with Gasteiger partial charge in [0.25, 0.3) is 0 Å². The minimum Gasteiger partial charge on any atom is -0.157 e. The maximum atomic E-state index is 5.16. The summed E-state index contributed by atoms with van der Waals surface area (Å²) in [4.78, 5) is 0. The third kappa shape index (κ3) is 4.65. The highest BCUT2D eigenvalue weighted by Crippen LogP contribution is 2.12. The van der Waals surface area contributed by atoms with Gasteiger partial charge in [-0.05, 0) is 17.7 Å². The molecule has 0 heterocycles. The highest BCUT2D eigenvalue weighted by Gasteiger charge is 1.91. The number of unbranched alkanes of at least 4 members (excludes halogenated alkanes) is 1. The lowest BCUT2D eigenvalue weighted by Crippen LogP contribution is -1.82. The summed E-state index contributed by atoms with van der Waals surface area (Å²) in [6, 6.07) is 10.5. The number of hydrogen-bond acceptors (Lipinski definition) is 1. The van der Waals surface area contributed by atoms with Crippen molar-refractivity contribution in [1.29, 1.82) is 0 Å². The van der Waals surface area contributed by atoms with Crippen molar-refractivity contribution >= 4 is 11.8 Å². The Morgan fingerprint density at radius 3 is 2.69 bits per heavy atom. The molecule has 0 aliphatic rings. The molecule has 1 aromatic rings. The van der Waals surface area contributed by atoms with Gasteiger partial charge in [-0.15, -0.1) is 12.3 Å². The van der Waals surface area contributed by atoms with Crippen LogP contribution in [0, 0.1) is 12.3 Å². The molecular weight excluding hydrogens is 176 g/mol. The van der Waals surface area contributed by atoms with E-state index in [2.05, 4.69) is 30.2 Å². The summed E-state index contributed by atoms with van der Waals surface area (Å²) in [6.07, 6.45) is 7.20. The van der Waals surface area contributed by atoms with Crippen molar-refractivity contribution in [2.45, 2.75) is 18.6 Å².